The molecule has 34 heavy (non-hydrogen) atoms. The maximum absolute atomic E-state index is 13.4. The van der Waals surface area contributed by atoms with Crippen LogP contribution < -0.4 is 10.1 Å². The second-order valence-electron chi connectivity index (χ2n) is 8.83. The minimum atomic E-state index is -0.628. The average Bonchev–Trinajstić information content (AvgIpc) is 3.30. The van der Waals surface area contributed by atoms with Crippen LogP contribution in [0.15, 0.2) is 34.8 Å². The molecule has 1 N–H and O–H groups in total. The minimum absolute atomic E-state index is 0.136. The lowest BCUT2D eigenvalue weighted by molar-refractivity contribution is -0.143. The zero-order valence-corrected chi connectivity index (χ0v) is 22.9. The third-order valence-corrected chi connectivity index (χ3v) is 8.05. The number of nitrogens with one attached hydrogen (secondary N) is 1. The first kappa shape index (κ1) is 26.8. The van der Waals surface area contributed by atoms with E-state index >= 15 is 0 Å². The van der Waals surface area contributed by atoms with E-state index in [1.165, 1.54) is 0 Å². The highest BCUT2D eigenvalue weighted by atomic mass is 79.9. The number of halogens is 3. The van der Waals surface area contributed by atoms with Gasteiger partial charge in [0.15, 0.2) is 6.61 Å². The Morgan fingerprint density at radius 3 is 2.38 bits per heavy atom. The normalized spacial score (nSPS) is 14.6. The molecule has 1 aliphatic carbocycles. The van der Waals surface area contributed by atoms with Crippen LogP contribution in [0.1, 0.15) is 55.7 Å². The van der Waals surface area contributed by atoms with Gasteiger partial charge in [0, 0.05) is 27.1 Å². The van der Waals surface area contributed by atoms with Crippen LogP contribution in [-0.2, 0) is 16.1 Å². The third kappa shape index (κ3) is 6.89. The van der Waals surface area contributed by atoms with Crippen LogP contribution in [0.3, 0.4) is 0 Å². The zero-order valence-electron chi connectivity index (χ0n) is 19.8. The predicted octanol–water partition coefficient (Wildman–Crippen LogP) is 6.62. The van der Waals surface area contributed by atoms with Gasteiger partial charge < -0.3 is 15.0 Å². The average molecular weight is 570 g/mol. The van der Waals surface area contributed by atoms with Crippen molar-refractivity contribution >= 4 is 50.9 Å². The molecule has 2 aromatic carbocycles. The summed E-state index contributed by atoms with van der Waals surface area (Å²) in [5, 5.41) is 4.11. The maximum atomic E-state index is 13.4. The van der Waals surface area contributed by atoms with E-state index in [4.69, 9.17) is 27.9 Å². The second-order valence-corrected chi connectivity index (χ2v) is 10.5. The molecule has 8 heteroatoms. The summed E-state index contributed by atoms with van der Waals surface area (Å²) in [7, 11) is 0. The molecule has 5 nitrogen and oxygen atoms in total. The molecule has 2 aromatic rings. The Hall–Kier alpha value is -1.76. The number of hydrogen-bond acceptors (Lipinski definition) is 3. The number of carbonyl (C=O) groups excluding carboxylic acids is 2. The minimum Gasteiger partial charge on any atom is -0.484 e. The fraction of sp³-hybridized carbons (Fsp3) is 0.462. The molecule has 1 unspecified atom stereocenters. The number of ether oxygens (including phenoxy) is 1. The summed E-state index contributed by atoms with van der Waals surface area (Å²) in [5.41, 5.74) is 2.77. The van der Waals surface area contributed by atoms with E-state index in [9.17, 15) is 9.59 Å². The Morgan fingerprint density at radius 1 is 1.15 bits per heavy atom. The van der Waals surface area contributed by atoms with E-state index in [0.29, 0.717) is 22.2 Å². The van der Waals surface area contributed by atoms with Crippen molar-refractivity contribution in [3.8, 4) is 5.75 Å². The van der Waals surface area contributed by atoms with Gasteiger partial charge in [0.1, 0.15) is 11.8 Å². The molecule has 0 radical (unpaired) electrons. The molecule has 0 saturated heterocycles. The molecule has 0 aliphatic heterocycles. The third-order valence-electron chi connectivity index (χ3n) is 6.22. The number of carbonyl (C=O) groups is 2. The van der Waals surface area contributed by atoms with Crippen LogP contribution in [0.5, 0.6) is 5.75 Å². The van der Waals surface area contributed by atoms with Crippen molar-refractivity contribution in [1.82, 2.24) is 10.2 Å². The highest BCUT2D eigenvalue weighted by Gasteiger charge is 2.31. The molecule has 3 rings (SSSR count). The van der Waals surface area contributed by atoms with Gasteiger partial charge in [0.25, 0.3) is 5.91 Å². The molecule has 2 amide bonds. The van der Waals surface area contributed by atoms with Gasteiger partial charge in [-0.05, 0) is 74.1 Å². The number of benzene rings is 2. The van der Waals surface area contributed by atoms with Gasteiger partial charge in [-0.25, -0.2) is 0 Å². The van der Waals surface area contributed by atoms with Gasteiger partial charge in [-0.3, -0.25) is 9.59 Å². The topological polar surface area (TPSA) is 58.6 Å². The molecular formula is C26H31BrCl2N2O3. The molecule has 184 valence electrons. The lowest BCUT2D eigenvalue weighted by Gasteiger charge is -2.31. The lowest BCUT2D eigenvalue weighted by Crippen LogP contribution is -2.52. The second kappa shape index (κ2) is 12.3. The van der Waals surface area contributed by atoms with Crippen LogP contribution in [0.25, 0.3) is 0 Å². The SMILES string of the molecule is CCC(C(=O)NC1CCCC1)N(Cc1ccc(Cl)cc1Cl)C(=O)COc1cc(C)c(Br)c(C)c1. The van der Waals surface area contributed by atoms with Gasteiger partial charge in [0.2, 0.25) is 5.91 Å². The van der Waals surface area contributed by atoms with E-state index in [1.54, 1.807) is 23.1 Å². The first-order valence-corrected chi connectivity index (χ1v) is 13.2. The van der Waals surface area contributed by atoms with Gasteiger partial charge in [-0.1, -0.05) is 65.0 Å². The molecule has 1 saturated carbocycles. The summed E-state index contributed by atoms with van der Waals surface area (Å²) in [5.74, 6) is 0.195. The molecule has 0 spiro atoms. The highest BCUT2D eigenvalue weighted by molar-refractivity contribution is 9.10. The van der Waals surface area contributed by atoms with Crippen molar-refractivity contribution in [2.75, 3.05) is 6.61 Å². The Balaban J connectivity index is 1.81. The summed E-state index contributed by atoms with van der Waals surface area (Å²) in [6.07, 6.45) is 4.66. The number of rotatable bonds is 9. The quantitative estimate of drug-likeness (QED) is 0.369. The van der Waals surface area contributed by atoms with Crippen LogP contribution >= 0.6 is 39.1 Å². The van der Waals surface area contributed by atoms with Gasteiger partial charge >= 0.3 is 0 Å². The Kier molecular flexibility index (Phi) is 9.69. The van der Waals surface area contributed by atoms with Gasteiger partial charge in [0.05, 0.1) is 0 Å². The van der Waals surface area contributed by atoms with Crippen LogP contribution in [0.2, 0.25) is 10.0 Å². The molecule has 1 atom stereocenters. The molecule has 1 aliphatic rings. The number of aryl methyl sites for hydroxylation is 2. The summed E-state index contributed by atoms with van der Waals surface area (Å²) < 4.78 is 6.88. The molecule has 0 bridgehead atoms. The Labute approximate surface area is 220 Å². The number of hydrogen-bond donors (Lipinski definition) is 1. The molecule has 1 fully saturated rings. The van der Waals surface area contributed by atoms with Crippen molar-refractivity contribution in [3.63, 3.8) is 0 Å². The van der Waals surface area contributed by atoms with E-state index in [2.05, 4.69) is 21.2 Å². The standard InChI is InChI=1S/C26H31BrCl2N2O3/c1-4-23(26(33)30-20-7-5-6-8-20)31(14-18-9-10-19(28)13-22(18)29)24(32)15-34-21-11-16(2)25(27)17(3)12-21/h9-13,20,23H,4-8,14-15H2,1-3H3,(H,30,33). The maximum Gasteiger partial charge on any atom is 0.261 e. The summed E-state index contributed by atoms with van der Waals surface area (Å²) in [4.78, 5) is 28.2. The molecular weight excluding hydrogens is 539 g/mol. The lowest BCUT2D eigenvalue weighted by atomic mass is 10.1. The first-order valence-electron chi connectivity index (χ1n) is 11.6. The van der Waals surface area contributed by atoms with Crippen LogP contribution in [0.4, 0.5) is 0 Å². The summed E-state index contributed by atoms with van der Waals surface area (Å²) >= 11 is 16.0. The van der Waals surface area contributed by atoms with Crippen LogP contribution in [-0.4, -0.2) is 35.4 Å². The number of nitrogens with zero attached hydrogens (tertiary/aromatic N) is 1. The fourth-order valence-electron chi connectivity index (χ4n) is 4.34. The molecule has 0 heterocycles. The monoisotopic (exact) mass is 568 g/mol. The first-order chi connectivity index (χ1) is 16.2. The van der Waals surface area contributed by atoms with E-state index in [0.717, 1.165) is 46.8 Å². The van der Waals surface area contributed by atoms with Crippen molar-refractivity contribution in [2.45, 2.75) is 71.5 Å². The van der Waals surface area contributed by atoms with Crippen molar-refractivity contribution < 1.29 is 14.3 Å². The predicted molar refractivity (Wildman–Crippen MR) is 141 cm³/mol. The van der Waals surface area contributed by atoms with E-state index < -0.39 is 6.04 Å². The van der Waals surface area contributed by atoms with Gasteiger partial charge in [-0.15, -0.1) is 0 Å². The van der Waals surface area contributed by atoms with Gasteiger partial charge in [-0.2, -0.15) is 0 Å². The van der Waals surface area contributed by atoms with Crippen molar-refractivity contribution in [3.05, 3.63) is 61.5 Å². The van der Waals surface area contributed by atoms with Crippen LogP contribution in [0, 0.1) is 13.8 Å². The van der Waals surface area contributed by atoms with Crippen molar-refractivity contribution in [2.24, 2.45) is 0 Å². The zero-order chi connectivity index (χ0) is 24.8. The largest absolute Gasteiger partial charge is 0.484 e. The highest BCUT2D eigenvalue weighted by Crippen LogP contribution is 2.27. The van der Waals surface area contributed by atoms with E-state index in [1.807, 2.05) is 32.9 Å². The Bertz CT molecular complexity index is 1020. The summed E-state index contributed by atoms with van der Waals surface area (Å²) in [6, 6.07) is 8.47. The number of amides is 2. The fourth-order valence-corrected chi connectivity index (χ4v) is 5.04. The smallest absolute Gasteiger partial charge is 0.261 e. The molecule has 0 aromatic heterocycles. The van der Waals surface area contributed by atoms with E-state index in [-0.39, 0.29) is 31.0 Å². The van der Waals surface area contributed by atoms with Crippen molar-refractivity contribution in [1.29, 1.82) is 0 Å². The Morgan fingerprint density at radius 2 is 1.79 bits per heavy atom. The summed E-state index contributed by atoms with van der Waals surface area (Å²) in [6.45, 7) is 5.86.